The summed E-state index contributed by atoms with van der Waals surface area (Å²) in [6, 6.07) is -0.138. The number of amides is 1. The molecule has 1 saturated carbocycles. The Kier molecular flexibility index (Phi) is 19.1. The summed E-state index contributed by atoms with van der Waals surface area (Å²) in [5.41, 5.74) is 0.168. The highest BCUT2D eigenvalue weighted by molar-refractivity contribution is 5.60. The van der Waals surface area contributed by atoms with Crippen molar-refractivity contribution in [1.29, 1.82) is 0 Å². The molecule has 1 saturated heterocycles. The Morgan fingerprint density at radius 1 is 0.711 bits per heavy atom. The first-order valence-corrected chi connectivity index (χ1v) is 18.9. The molecule has 2 fully saturated rings. The number of nitrogens with zero attached hydrogens (tertiary/aromatic N) is 1. The maximum Gasteiger partial charge on any atom is 0.518 e. The van der Waals surface area contributed by atoms with Crippen molar-refractivity contribution in [2.75, 3.05) is 19.8 Å². The van der Waals surface area contributed by atoms with Crippen LogP contribution >= 0.6 is 0 Å². The number of unbranched alkanes of at least 4 members (excludes halogenated alkanes) is 15. The van der Waals surface area contributed by atoms with Crippen LogP contribution in [0.3, 0.4) is 0 Å². The van der Waals surface area contributed by atoms with Crippen molar-refractivity contribution in [3.63, 3.8) is 0 Å². The third-order valence-corrected chi connectivity index (χ3v) is 10.9. The van der Waals surface area contributed by atoms with Gasteiger partial charge in [-0.15, -0.1) is 0 Å². The molecule has 2 aliphatic rings. The van der Waals surface area contributed by atoms with E-state index in [0.717, 1.165) is 44.9 Å². The van der Waals surface area contributed by atoms with Crippen LogP contribution in [0.15, 0.2) is 0 Å². The molecular formula is C37H72NO7+. The van der Waals surface area contributed by atoms with Crippen LogP contribution in [0.25, 0.3) is 0 Å². The highest BCUT2D eigenvalue weighted by Crippen LogP contribution is 2.44. The van der Waals surface area contributed by atoms with E-state index in [9.17, 15) is 25.2 Å². The molecule has 45 heavy (non-hydrogen) atoms. The molecule has 0 aromatic carbocycles. The third-order valence-electron chi connectivity index (χ3n) is 10.9. The minimum Gasteiger partial charge on any atom is -0.420 e. The summed E-state index contributed by atoms with van der Waals surface area (Å²) < 4.78 is 11.6. The van der Waals surface area contributed by atoms with E-state index in [0.29, 0.717) is 12.5 Å². The number of aliphatic hydroxyl groups is 4. The summed E-state index contributed by atoms with van der Waals surface area (Å²) >= 11 is 0. The lowest BCUT2D eigenvalue weighted by atomic mass is 9.70. The molecular weight excluding hydrogens is 570 g/mol. The van der Waals surface area contributed by atoms with Gasteiger partial charge in [0.15, 0.2) is 6.10 Å². The summed E-state index contributed by atoms with van der Waals surface area (Å²) in [6.07, 6.45) is 16.6. The molecule has 0 aromatic heterocycles. The smallest absolute Gasteiger partial charge is 0.420 e. The molecule has 2 rings (SSSR count). The lowest BCUT2D eigenvalue weighted by Crippen LogP contribution is -2.75. The van der Waals surface area contributed by atoms with E-state index in [1.165, 1.54) is 83.5 Å². The maximum atomic E-state index is 14.0. The van der Waals surface area contributed by atoms with Gasteiger partial charge in [-0.2, -0.15) is 9.28 Å². The number of aliphatic hydroxyl groups excluding tert-OH is 4. The van der Waals surface area contributed by atoms with Gasteiger partial charge in [-0.3, -0.25) is 0 Å². The van der Waals surface area contributed by atoms with Crippen LogP contribution < -0.4 is 0 Å². The second kappa shape index (κ2) is 21.3. The number of ether oxygens (including phenoxy) is 2. The van der Waals surface area contributed by atoms with Crippen LogP contribution in [-0.2, 0) is 9.47 Å². The number of rotatable bonds is 21. The Hall–Kier alpha value is -0.770. The first-order chi connectivity index (χ1) is 21.5. The molecule has 0 bridgehead atoms. The molecule has 266 valence electrons. The van der Waals surface area contributed by atoms with Crippen LogP contribution in [0, 0.1) is 11.3 Å². The minimum absolute atomic E-state index is 0.138. The lowest BCUT2D eigenvalue weighted by Gasteiger charge is -2.52. The predicted molar refractivity (Wildman–Crippen MR) is 181 cm³/mol. The molecule has 0 aromatic rings. The van der Waals surface area contributed by atoms with Crippen molar-refractivity contribution < 1.29 is 39.2 Å². The zero-order chi connectivity index (χ0) is 33.3. The summed E-state index contributed by atoms with van der Waals surface area (Å²) in [5.74, 6) is 0.531. The van der Waals surface area contributed by atoms with Gasteiger partial charge in [-0.25, -0.2) is 0 Å². The Morgan fingerprint density at radius 2 is 1.18 bits per heavy atom. The molecule has 1 aliphatic heterocycles. The monoisotopic (exact) mass is 643 g/mol. The lowest BCUT2D eigenvalue weighted by molar-refractivity contribution is -0.938. The number of carbonyl (C=O) groups is 1. The fourth-order valence-electron chi connectivity index (χ4n) is 7.89. The van der Waals surface area contributed by atoms with E-state index in [4.69, 9.17) is 9.47 Å². The van der Waals surface area contributed by atoms with E-state index in [1.807, 2.05) is 0 Å². The highest BCUT2D eigenvalue weighted by atomic mass is 16.6. The number of hydrogen-bond acceptors (Lipinski definition) is 7. The second-order valence-electron chi connectivity index (χ2n) is 15.2. The Labute approximate surface area is 275 Å². The Morgan fingerprint density at radius 3 is 1.60 bits per heavy atom. The van der Waals surface area contributed by atoms with Crippen LogP contribution in [0.4, 0.5) is 4.79 Å². The molecule has 4 N–H and O–H groups in total. The molecule has 0 spiro atoms. The number of carbonyl (C=O) groups excluding carboxylic acids is 1. The molecule has 6 atom stereocenters. The third kappa shape index (κ3) is 12.3. The zero-order valence-electron chi connectivity index (χ0n) is 29.8. The second-order valence-corrected chi connectivity index (χ2v) is 15.2. The van der Waals surface area contributed by atoms with Crippen LogP contribution in [0.5, 0.6) is 0 Å². The van der Waals surface area contributed by atoms with Crippen molar-refractivity contribution in [1.82, 2.24) is 0 Å². The van der Waals surface area contributed by atoms with Crippen LogP contribution in [0.1, 0.15) is 163 Å². The van der Waals surface area contributed by atoms with Gasteiger partial charge in [0, 0.05) is 12.8 Å². The SMILES string of the molecule is CCCCCCCCCCCCCCCCCC[N+](C(=O)OCC)(C1CCC(C(C)(C)C)CC1)C1O[C@H](CO)[C@H](O)[C@H](O)[C@H]1O. The maximum absolute atomic E-state index is 14.0. The van der Waals surface area contributed by atoms with Crippen molar-refractivity contribution in [2.24, 2.45) is 11.3 Å². The first kappa shape index (κ1) is 40.4. The molecule has 8 heteroatoms. The van der Waals surface area contributed by atoms with E-state index >= 15 is 0 Å². The Balaban J connectivity index is 1.97. The van der Waals surface area contributed by atoms with Gasteiger partial charge in [-0.1, -0.05) is 118 Å². The number of quaternary nitrogens is 1. The average Bonchev–Trinajstić information content (AvgIpc) is 3.02. The predicted octanol–water partition coefficient (Wildman–Crippen LogP) is 7.63. The summed E-state index contributed by atoms with van der Waals surface area (Å²) in [4.78, 5) is 14.0. The summed E-state index contributed by atoms with van der Waals surface area (Å²) in [7, 11) is 0. The molecule has 0 radical (unpaired) electrons. The highest BCUT2D eigenvalue weighted by Gasteiger charge is 2.60. The topological polar surface area (TPSA) is 116 Å². The van der Waals surface area contributed by atoms with E-state index < -0.39 is 43.3 Å². The molecule has 1 heterocycles. The fraction of sp³-hybridized carbons (Fsp3) is 0.973. The standard InChI is InChI=1S/C37H72NO7/c1-6-8-9-10-11-12-13-14-15-16-17-18-19-20-21-22-27-38(36(43)44-7-2,30-25-23-29(24-26-30)37(3,4)5)35-34(42)33(41)32(40)31(28-39)45-35/h29-35,39-42H,6-28H2,1-5H3/q+1/t29?,30?,31-,32+,33+,34-,35?,38?/m1/s1. The first-order valence-electron chi connectivity index (χ1n) is 18.9. The van der Waals surface area contributed by atoms with Gasteiger partial charge < -0.3 is 29.9 Å². The van der Waals surface area contributed by atoms with Gasteiger partial charge in [0.1, 0.15) is 24.4 Å². The van der Waals surface area contributed by atoms with Gasteiger partial charge in [-0.05, 0) is 43.9 Å². The molecule has 1 aliphatic carbocycles. The average molecular weight is 643 g/mol. The molecule has 2 unspecified atom stereocenters. The van der Waals surface area contributed by atoms with Crippen molar-refractivity contribution in [3.8, 4) is 0 Å². The van der Waals surface area contributed by atoms with E-state index in [-0.39, 0.29) is 22.5 Å². The van der Waals surface area contributed by atoms with Crippen molar-refractivity contribution >= 4 is 6.09 Å². The molecule has 8 nitrogen and oxygen atoms in total. The van der Waals surface area contributed by atoms with E-state index in [1.54, 1.807) is 6.92 Å². The van der Waals surface area contributed by atoms with Crippen LogP contribution in [-0.4, -0.2) is 87.4 Å². The summed E-state index contributed by atoms with van der Waals surface area (Å²) in [6.45, 7) is 11.0. The van der Waals surface area contributed by atoms with Crippen molar-refractivity contribution in [3.05, 3.63) is 0 Å². The normalized spacial score (nSPS) is 29.0. The minimum atomic E-state index is -1.52. The van der Waals surface area contributed by atoms with Gasteiger partial charge >= 0.3 is 6.09 Å². The van der Waals surface area contributed by atoms with Gasteiger partial charge in [0.05, 0.1) is 19.8 Å². The van der Waals surface area contributed by atoms with Crippen LogP contribution in [0.2, 0.25) is 0 Å². The number of hydrogen-bond donors (Lipinski definition) is 4. The largest absolute Gasteiger partial charge is 0.518 e. The zero-order valence-corrected chi connectivity index (χ0v) is 29.8. The molecule has 1 amide bonds. The van der Waals surface area contributed by atoms with Crippen molar-refractivity contribution in [2.45, 2.75) is 200 Å². The van der Waals surface area contributed by atoms with Gasteiger partial charge in [0.2, 0.25) is 6.23 Å². The fourth-order valence-corrected chi connectivity index (χ4v) is 7.89. The van der Waals surface area contributed by atoms with Gasteiger partial charge in [0.25, 0.3) is 0 Å². The quantitative estimate of drug-likeness (QED) is 0.0752. The van der Waals surface area contributed by atoms with E-state index in [2.05, 4.69) is 27.7 Å². The summed E-state index contributed by atoms with van der Waals surface area (Å²) in [5, 5.41) is 42.5. The Bertz CT molecular complexity index is 779.